The minimum Gasteiger partial charge on any atom is -0.388 e. The van der Waals surface area contributed by atoms with Gasteiger partial charge in [-0.2, -0.15) is 5.10 Å². The van der Waals surface area contributed by atoms with Crippen LogP contribution in [-0.2, 0) is 0 Å². The zero-order chi connectivity index (χ0) is 19.2. The van der Waals surface area contributed by atoms with Gasteiger partial charge in [-0.15, -0.1) is 0 Å². The lowest BCUT2D eigenvalue weighted by Gasteiger charge is -2.10. The third-order valence-corrected chi connectivity index (χ3v) is 4.56. The van der Waals surface area contributed by atoms with Crippen LogP contribution in [0.2, 0.25) is 0 Å². The van der Waals surface area contributed by atoms with Gasteiger partial charge >= 0.3 is 0 Å². The number of benzene rings is 1. The van der Waals surface area contributed by atoms with E-state index in [-0.39, 0.29) is 5.82 Å². The van der Waals surface area contributed by atoms with Crippen molar-refractivity contribution >= 4 is 34.9 Å². The highest BCUT2D eigenvalue weighted by atomic mass is 32.2. The third-order valence-electron chi connectivity index (χ3n) is 3.65. The molecule has 0 radical (unpaired) electrons. The van der Waals surface area contributed by atoms with Crippen LogP contribution >= 0.6 is 11.8 Å². The molecular weight excluding hydrogens is 365 g/mol. The monoisotopic (exact) mass is 387 g/mol. The minimum absolute atomic E-state index is 0.320. The molecule has 3 rings (SSSR count). The highest BCUT2D eigenvalue weighted by Gasteiger charge is 2.11. The van der Waals surface area contributed by atoms with E-state index in [1.54, 1.807) is 13.1 Å². The molecule has 3 aromatic rings. The lowest BCUT2D eigenvalue weighted by Crippen LogP contribution is -2.05. The number of aromatic amines is 1. The smallest absolute Gasteiger partial charge is 0.196 e. The lowest BCUT2D eigenvalue weighted by molar-refractivity contribution is 0.602. The Hall–Kier alpha value is -2.81. The maximum absolute atomic E-state index is 14.3. The van der Waals surface area contributed by atoms with E-state index in [0.717, 1.165) is 18.7 Å². The number of aromatic nitrogens is 4. The van der Waals surface area contributed by atoms with E-state index in [4.69, 9.17) is 0 Å². The molecule has 0 saturated carbocycles. The Morgan fingerprint density at radius 1 is 1.11 bits per heavy atom. The first-order chi connectivity index (χ1) is 13.1. The second kappa shape index (κ2) is 8.72. The Morgan fingerprint density at radius 2 is 1.93 bits per heavy atom. The Kier molecular flexibility index (Phi) is 6.12. The van der Waals surface area contributed by atoms with Crippen molar-refractivity contribution in [2.24, 2.45) is 0 Å². The van der Waals surface area contributed by atoms with Crippen LogP contribution in [0, 0.1) is 12.7 Å². The Morgan fingerprint density at radius 3 is 2.59 bits per heavy atom. The number of hydrogen-bond donors (Lipinski definition) is 4. The number of halogens is 1. The van der Waals surface area contributed by atoms with Gasteiger partial charge < -0.3 is 16.0 Å². The molecule has 0 fully saturated rings. The van der Waals surface area contributed by atoms with Crippen LogP contribution in [0.3, 0.4) is 0 Å². The van der Waals surface area contributed by atoms with Gasteiger partial charge in [-0.25, -0.2) is 14.4 Å². The van der Waals surface area contributed by atoms with Gasteiger partial charge in [-0.3, -0.25) is 5.10 Å². The predicted octanol–water partition coefficient (Wildman–Crippen LogP) is 4.41. The standard InChI is InChI=1S/C18H22FN7S/c1-4-7-21-15-10-16(22-17-8-11(2)25-26-17)24-18(23-15)27-14-6-5-12(20-3)9-13(14)19/h5-6,8-10,20H,4,7H2,1-3H3,(H3,21,22,23,24,25,26). The summed E-state index contributed by atoms with van der Waals surface area (Å²) < 4.78 is 14.3. The molecule has 142 valence electrons. The van der Waals surface area contributed by atoms with Crippen LogP contribution in [0.4, 0.5) is 27.5 Å². The molecule has 7 nitrogen and oxygen atoms in total. The molecule has 9 heteroatoms. The summed E-state index contributed by atoms with van der Waals surface area (Å²) in [5.74, 6) is 1.61. The van der Waals surface area contributed by atoms with Crippen LogP contribution < -0.4 is 16.0 Å². The van der Waals surface area contributed by atoms with E-state index in [9.17, 15) is 4.39 Å². The molecule has 27 heavy (non-hydrogen) atoms. The average Bonchev–Trinajstić information content (AvgIpc) is 3.06. The quantitative estimate of drug-likeness (QED) is 0.426. The van der Waals surface area contributed by atoms with Crippen LogP contribution in [-0.4, -0.2) is 33.8 Å². The van der Waals surface area contributed by atoms with E-state index in [0.29, 0.717) is 33.2 Å². The second-order valence-electron chi connectivity index (χ2n) is 5.91. The first-order valence-corrected chi connectivity index (χ1v) is 9.46. The number of nitrogens with zero attached hydrogens (tertiary/aromatic N) is 3. The van der Waals surface area contributed by atoms with Gasteiger partial charge in [0.2, 0.25) is 0 Å². The average molecular weight is 387 g/mol. The second-order valence-corrected chi connectivity index (χ2v) is 6.92. The molecule has 2 heterocycles. The molecule has 0 aliphatic heterocycles. The Bertz CT molecular complexity index is 912. The van der Waals surface area contributed by atoms with Crippen molar-refractivity contribution < 1.29 is 4.39 Å². The van der Waals surface area contributed by atoms with E-state index in [2.05, 4.69) is 43.0 Å². The van der Waals surface area contributed by atoms with Gasteiger partial charge in [0.1, 0.15) is 17.5 Å². The normalized spacial score (nSPS) is 10.7. The van der Waals surface area contributed by atoms with Gasteiger partial charge in [0.15, 0.2) is 11.0 Å². The van der Waals surface area contributed by atoms with Crippen molar-refractivity contribution in [1.29, 1.82) is 0 Å². The summed E-state index contributed by atoms with van der Waals surface area (Å²) in [6, 6.07) is 8.67. The Labute approximate surface area is 161 Å². The molecule has 0 amide bonds. The molecule has 0 bridgehead atoms. The zero-order valence-corrected chi connectivity index (χ0v) is 16.2. The van der Waals surface area contributed by atoms with Crippen molar-refractivity contribution in [1.82, 2.24) is 20.2 Å². The van der Waals surface area contributed by atoms with Gasteiger partial charge in [-0.05, 0) is 43.3 Å². The summed E-state index contributed by atoms with van der Waals surface area (Å²) >= 11 is 1.18. The molecule has 0 unspecified atom stereocenters. The zero-order valence-electron chi connectivity index (χ0n) is 15.4. The van der Waals surface area contributed by atoms with Crippen LogP contribution in [0.25, 0.3) is 0 Å². The molecule has 2 aromatic heterocycles. The summed E-state index contributed by atoms with van der Waals surface area (Å²) in [6.07, 6.45) is 0.966. The van der Waals surface area contributed by atoms with Crippen LogP contribution in [0.15, 0.2) is 40.4 Å². The highest BCUT2D eigenvalue weighted by molar-refractivity contribution is 7.99. The van der Waals surface area contributed by atoms with Crippen molar-refractivity contribution in [2.45, 2.75) is 30.3 Å². The Balaban J connectivity index is 1.87. The molecule has 0 spiro atoms. The van der Waals surface area contributed by atoms with Crippen molar-refractivity contribution in [3.8, 4) is 0 Å². The summed E-state index contributed by atoms with van der Waals surface area (Å²) in [5.41, 5.74) is 1.66. The summed E-state index contributed by atoms with van der Waals surface area (Å²) in [4.78, 5) is 9.44. The molecule has 0 aliphatic rings. The SMILES string of the molecule is CCCNc1cc(Nc2cc(C)[nH]n2)nc(Sc2ccc(NC)cc2F)n1. The van der Waals surface area contributed by atoms with E-state index in [1.807, 2.05) is 25.1 Å². The number of rotatable bonds is 8. The fourth-order valence-corrected chi connectivity index (χ4v) is 3.11. The third kappa shape index (κ3) is 5.10. The number of aryl methyl sites for hydroxylation is 1. The topological polar surface area (TPSA) is 90.5 Å². The summed E-state index contributed by atoms with van der Waals surface area (Å²) in [5, 5.41) is 16.8. The maximum atomic E-state index is 14.3. The van der Waals surface area contributed by atoms with E-state index >= 15 is 0 Å². The van der Waals surface area contributed by atoms with Crippen LogP contribution in [0.5, 0.6) is 0 Å². The molecule has 0 aliphatic carbocycles. The molecule has 0 atom stereocenters. The van der Waals surface area contributed by atoms with E-state index in [1.165, 1.54) is 17.8 Å². The first-order valence-electron chi connectivity index (χ1n) is 8.64. The van der Waals surface area contributed by atoms with Gasteiger partial charge in [0, 0.05) is 37.1 Å². The fraction of sp³-hybridized carbons (Fsp3) is 0.278. The number of H-pyrrole nitrogens is 1. The first kappa shape index (κ1) is 19.0. The van der Waals surface area contributed by atoms with Crippen molar-refractivity contribution in [3.63, 3.8) is 0 Å². The van der Waals surface area contributed by atoms with Gasteiger partial charge in [0.05, 0.1) is 4.90 Å². The van der Waals surface area contributed by atoms with Crippen LogP contribution in [0.1, 0.15) is 19.0 Å². The molecular formula is C18H22FN7S. The number of nitrogens with one attached hydrogen (secondary N) is 4. The number of anilines is 4. The van der Waals surface area contributed by atoms with Gasteiger partial charge in [0.25, 0.3) is 0 Å². The maximum Gasteiger partial charge on any atom is 0.196 e. The number of hydrogen-bond acceptors (Lipinski definition) is 7. The van der Waals surface area contributed by atoms with Crippen molar-refractivity contribution in [2.75, 3.05) is 29.5 Å². The molecule has 4 N–H and O–H groups in total. The minimum atomic E-state index is -0.320. The van der Waals surface area contributed by atoms with Gasteiger partial charge in [-0.1, -0.05) is 6.92 Å². The fourth-order valence-electron chi connectivity index (χ4n) is 2.33. The molecule has 1 aromatic carbocycles. The predicted molar refractivity (Wildman–Crippen MR) is 107 cm³/mol. The summed E-state index contributed by atoms with van der Waals surface area (Å²) in [6.45, 7) is 4.78. The largest absolute Gasteiger partial charge is 0.388 e. The lowest BCUT2D eigenvalue weighted by atomic mass is 10.3. The van der Waals surface area contributed by atoms with Crippen molar-refractivity contribution in [3.05, 3.63) is 41.8 Å². The summed E-state index contributed by atoms with van der Waals surface area (Å²) in [7, 11) is 1.75. The van der Waals surface area contributed by atoms with E-state index < -0.39 is 0 Å². The highest BCUT2D eigenvalue weighted by Crippen LogP contribution is 2.31. The molecule has 0 saturated heterocycles.